The summed E-state index contributed by atoms with van der Waals surface area (Å²) in [6.07, 6.45) is -0.503. The molecule has 0 aromatic carbocycles. The first-order valence-electron chi connectivity index (χ1n) is 3.26. The van der Waals surface area contributed by atoms with Crippen molar-refractivity contribution in [3.63, 3.8) is 0 Å². The smallest absolute Gasteiger partial charge is 0.0976 e. The molecular formula is C6H12O4. The molecule has 0 aliphatic heterocycles. The highest BCUT2D eigenvalue weighted by molar-refractivity contribution is 5.01. The molecule has 1 saturated carbocycles. The Morgan fingerprint density at radius 1 is 1.40 bits per heavy atom. The van der Waals surface area contributed by atoms with Crippen LogP contribution in [0.3, 0.4) is 0 Å². The quantitative estimate of drug-likeness (QED) is 0.368. The van der Waals surface area contributed by atoms with E-state index in [4.69, 9.17) is 15.3 Å². The molecule has 1 rings (SSSR count). The van der Waals surface area contributed by atoms with Crippen LogP contribution in [0.1, 0.15) is 6.42 Å². The summed E-state index contributed by atoms with van der Waals surface area (Å²) in [4.78, 5) is 0. The van der Waals surface area contributed by atoms with E-state index in [-0.39, 0.29) is 13.0 Å². The Hall–Kier alpha value is -0.160. The molecule has 3 atom stereocenters. The zero-order chi connectivity index (χ0) is 7.78. The van der Waals surface area contributed by atoms with Gasteiger partial charge in [-0.05, 0) is 0 Å². The summed E-state index contributed by atoms with van der Waals surface area (Å²) in [5, 5.41) is 35.4. The van der Waals surface area contributed by atoms with Gasteiger partial charge in [-0.15, -0.1) is 0 Å². The Morgan fingerprint density at radius 3 is 2.20 bits per heavy atom. The highest BCUT2D eigenvalue weighted by Crippen LogP contribution is 2.37. The van der Waals surface area contributed by atoms with Crippen LogP contribution in [-0.4, -0.2) is 45.3 Å². The van der Waals surface area contributed by atoms with Gasteiger partial charge in [-0.25, -0.2) is 0 Å². The lowest BCUT2D eigenvalue weighted by Crippen LogP contribution is -2.61. The van der Waals surface area contributed by atoms with E-state index < -0.39 is 24.2 Å². The monoisotopic (exact) mass is 148 g/mol. The summed E-state index contributed by atoms with van der Waals surface area (Å²) in [6.45, 7) is -0.673. The molecule has 0 spiro atoms. The molecule has 1 aliphatic carbocycles. The van der Waals surface area contributed by atoms with Crippen LogP contribution < -0.4 is 0 Å². The largest absolute Gasteiger partial charge is 0.396 e. The van der Waals surface area contributed by atoms with E-state index >= 15 is 0 Å². The Kier molecular flexibility index (Phi) is 1.96. The van der Waals surface area contributed by atoms with Crippen LogP contribution in [0.4, 0.5) is 0 Å². The topological polar surface area (TPSA) is 80.9 Å². The molecule has 4 nitrogen and oxygen atoms in total. The second kappa shape index (κ2) is 2.47. The van der Waals surface area contributed by atoms with Crippen molar-refractivity contribution < 1.29 is 20.4 Å². The van der Waals surface area contributed by atoms with Crippen molar-refractivity contribution in [3.8, 4) is 0 Å². The Balaban J connectivity index is 2.51. The van der Waals surface area contributed by atoms with Crippen LogP contribution in [0.15, 0.2) is 0 Å². The van der Waals surface area contributed by atoms with Gasteiger partial charge in [0, 0.05) is 12.3 Å². The maximum Gasteiger partial charge on any atom is 0.0976 e. The molecule has 0 saturated heterocycles. The number of rotatable bonds is 2. The summed E-state index contributed by atoms with van der Waals surface area (Å²) in [5.74, 6) is -0.572. The first kappa shape index (κ1) is 7.94. The molecule has 10 heavy (non-hydrogen) atoms. The van der Waals surface area contributed by atoms with Crippen molar-refractivity contribution in [3.05, 3.63) is 0 Å². The van der Waals surface area contributed by atoms with E-state index in [0.717, 1.165) is 0 Å². The van der Waals surface area contributed by atoms with Crippen molar-refractivity contribution >= 4 is 0 Å². The van der Waals surface area contributed by atoms with Gasteiger partial charge in [-0.2, -0.15) is 0 Å². The molecule has 4 heteroatoms. The van der Waals surface area contributed by atoms with Gasteiger partial charge in [0.1, 0.15) is 0 Å². The zero-order valence-corrected chi connectivity index (χ0v) is 5.56. The van der Waals surface area contributed by atoms with Crippen LogP contribution in [0.5, 0.6) is 0 Å². The van der Waals surface area contributed by atoms with Crippen LogP contribution in [-0.2, 0) is 0 Å². The van der Waals surface area contributed by atoms with Crippen LogP contribution >= 0.6 is 0 Å². The lowest BCUT2D eigenvalue weighted by molar-refractivity contribution is -0.204. The van der Waals surface area contributed by atoms with Crippen molar-refractivity contribution in [2.45, 2.75) is 18.1 Å². The van der Waals surface area contributed by atoms with E-state index in [2.05, 4.69) is 0 Å². The Morgan fingerprint density at radius 2 is 2.00 bits per heavy atom. The number of aliphatic hydroxyl groups is 4. The van der Waals surface area contributed by atoms with Crippen LogP contribution in [0.25, 0.3) is 0 Å². The molecule has 0 heterocycles. The number of aliphatic hydroxyl groups excluding tert-OH is 3. The molecule has 0 unspecified atom stereocenters. The van der Waals surface area contributed by atoms with E-state index in [1.165, 1.54) is 0 Å². The van der Waals surface area contributed by atoms with Gasteiger partial charge in [0.2, 0.25) is 0 Å². The lowest BCUT2D eigenvalue weighted by atomic mass is 9.68. The molecule has 1 aliphatic rings. The first-order valence-corrected chi connectivity index (χ1v) is 3.26. The van der Waals surface area contributed by atoms with Gasteiger partial charge >= 0.3 is 0 Å². The third kappa shape index (κ3) is 0.932. The lowest BCUT2D eigenvalue weighted by Gasteiger charge is -2.47. The van der Waals surface area contributed by atoms with Gasteiger partial charge < -0.3 is 20.4 Å². The normalized spacial score (nSPS) is 46.8. The third-order valence-corrected chi connectivity index (χ3v) is 2.19. The second-order valence-corrected chi connectivity index (χ2v) is 2.82. The predicted octanol–water partition coefficient (Wildman–Crippen LogP) is -1.92. The fraction of sp³-hybridized carbons (Fsp3) is 1.00. The molecule has 0 aromatic heterocycles. The molecule has 1 fully saturated rings. The van der Waals surface area contributed by atoms with E-state index in [1.807, 2.05) is 0 Å². The van der Waals surface area contributed by atoms with Gasteiger partial charge in [0.15, 0.2) is 0 Å². The minimum atomic E-state index is -1.24. The van der Waals surface area contributed by atoms with Crippen LogP contribution in [0, 0.1) is 5.92 Å². The molecule has 0 aromatic rings. The van der Waals surface area contributed by atoms with Crippen molar-refractivity contribution in [1.82, 2.24) is 0 Å². The summed E-state index contributed by atoms with van der Waals surface area (Å²) >= 11 is 0. The van der Waals surface area contributed by atoms with Crippen molar-refractivity contribution in [2.24, 2.45) is 5.92 Å². The second-order valence-electron chi connectivity index (χ2n) is 2.82. The van der Waals surface area contributed by atoms with E-state index in [1.54, 1.807) is 0 Å². The minimum Gasteiger partial charge on any atom is -0.396 e. The summed E-state index contributed by atoms with van der Waals surface area (Å²) in [6, 6.07) is 0. The maximum absolute atomic E-state index is 9.28. The number of hydrogen-bond acceptors (Lipinski definition) is 4. The molecule has 60 valence electrons. The molecular weight excluding hydrogens is 136 g/mol. The molecule has 0 radical (unpaired) electrons. The fourth-order valence-electron chi connectivity index (χ4n) is 1.33. The van der Waals surface area contributed by atoms with Crippen molar-refractivity contribution in [1.29, 1.82) is 0 Å². The van der Waals surface area contributed by atoms with E-state index in [0.29, 0.717) is 0 Å². The third-order valence-electron chi connectivity index (χ3n) is 2.19. The molecule has 0 amide bonds. The highest BCUT2D eigenvalue weighted by Gasteiger charge is 2.51. The Labute approximate surface area is 58.7 Å². The van der Waals surface area contributed by atoms with Crippen LogP contribution in [0.2, 0.25) is 0 Å². The van der Waals surface area contributed by atoms with Gasteiger partial charge in [-0.1, -0.05) is 0 Å². The summed E-state index contributed by atoms with van der Waals surface area (Å²) in [5.41, 5.74) is -1.24. The van der Waals surface area contributed by atoms with Gasteiger partial charge in [-0.3, -0.25) is 0 Å². The fourth-order valence-corrected chi connectivity index (χ4v) is 1.33. The summed E-state index contributed by atoms with van der Waals surface area (Å²) < 4.78 is 0. The standard InChI is InChI=1S/C6H12O4/c7-2-4-5(9)1-6(4,10)3-8/h4-5,7-10H,1-3H2/t4-,5-,6+/m0/s1. The highest BCUT2D eigenvalue weighted by atomic mass is 16.4. The maximum atomic E-state index is 9.28. The molecule has 0 bridgehead atoms. The number of hydrogen-bond donors (Lipinski definition) is 4. The molecule has 4 N–H and O–H groups in total. The van der Waals surface area contributed by atoms with Gasteiger partial charge in [0.25, 0.3) is 0 Å². The summed E-state index contributed by atoms with van der Waals surface area (Å²) in [7, 11) is 0. The predicted molar refractivity (Wildman–Crippen MR) is 33.2 cm³/mol. The average molecular weight is 148 g/mol. The van der Waals surface area contributed by atoms with Gasteiger partial charge in [0.05, 0.1) is 24.9 Å². The SMILES string of the molecule is OC[C@H]1[C@@H](O)C[C@@]1(O)CO. The van der Waals surface area contributed by atoms with Crippen molar-refractivity contribution in [2.75, 3.05) is 13.2 Å². The average Bonchev–Trinajstić information content (AvgIpc) is 1.88. The zero-order valence-electron chi connectivity index (χ0n) is 5.56. The minimum absolute atomic E-state index is 0.161. The first-order chi connectivity index (χ1) is 4.64. The van der Waals surface area contributed by atoms with E-state index in [9.17, 15) is 5.11 Å². The Bertz CT molecular complexity index is 127.